The van der Waals surface area contributed by atoms with Crippen molar-refractivity contribution < 1.29 is 37.0 Å². The first-order valence-electron chi connectivity index (χ1n) is 7.78. The van der Waals surface area contributed by atoms with E-state index in [-0.39, 0.29) is 36.0 Å². The molecule has 0 aliphatic rings. The van der Waals surface area contributed by atoms with Gasteiger partial charge in [0.15, 0.2) is 0 Å². The molecule has 0 spiro atoms. The molecule has 0 atom stereocenters. The van der Waals surface area contributed by atoms with E-state index in [2.05, 4.69) is 10.3 Å². The summed E-state index contributed by atoms with van der Waals surface area (Å²) in [5.74, 6) is -0.657. The minimum Gasteiger partial charge on any atom is -0.491 e. The van der Waals surface area contributed by atoms with Gasteiger partial charge in [0, 0.05) is 30.6 Å². The first kappa shape index (κ1) is 21.0. The Morgan fingerprint density at radius 3 is 2.50 bits per heavy atom. The summed E-state index contributed by atoms with van der Waals surface area (Å²) in [6.45, 7) is 0.413. The SMILES string of the molecule is COCCOc1cc(OC(N)=O)cc(C(=O)Nc2ccnc(C(F)(F)F)c2)c1. The lowest BCUT2D eigenvalue weighted by atomic mass is 10.1. The number of alkyl halides is 3. The molecule has 3 N–H and O–H groups in total. The molecule has 150 valence electrons. The molecule has 2 aromatic rings. The Morgan fingerprint density at radius 2 is 1.86 bits per heavy atom. The number of hydrogen-bond acceptors (Lipinski definition) is 6. The standard InChI is InChI=1S/C17H16F3N3O5/c1-26-4-5-27-12-6-10(7-13(9-12)28-16(21)25)15(24)23-11-2-3-22-14(8-11)17(18,19)20/h2-3,6-9H,4-5H2,1H3,(H2,21,25)(H,22,23,24). The number of nitrogens with one attached hydrogen (secondary N) is 1. The molecule has 11 heteroatoms. The zero-order chi connectivity index (χ0) is 20.7. The van der Waals surface area contributed by atoms with Gasteiger partial charge in [0.1, 0.15) is 23.8 Å². The number of halogens is 3. The van der Waals surface area contributed by atoms with Crippen molar-refractivity contribution in [3.05, 3.63) is 47.8 Å². The van der Waals surface area contributed by atoms with Crippen molar-refractivity contribution in [1.82, 2.24) is 4.98 Å². The largest absolute Gasteiger partial charge is 0.491 e. The van der Waals surface area contributed by atoms with Gasteiger partial charge in [-0.2, -0.15) is 13.2 Å². The summed E-state index contributed by atoms with van der Waals surface area (Å²) < 4.78 is 53.2. The van der Waals surface area contributed by atoms with Crippen LogP contribution in [0.4, 0.5) is 23.7 Å². The summed E-state index contributed by atoms with van der Waals surface area (Å²) >= 11 is 0. The maximum atomic E-state index is 12.7. The van der Waals surface area contributed by atoms with Crippen molar-refractivity contribution in [1.29, 1.82) is 0 Å². The highest BCUT2D eigenvalue weighted by Crippen LogP contribution is 2.29. The van der Waals surface area contributed by atoms with E-state index >= 15 is 0 Å². The third kappa shape index (κ3) is 6.13. The normalized spacial score (nSPS) is 11.0. The molecule has 0 saturated heterocycles. The minimum atomic E-state index is -4.65. The van der Waals surface area contributed by atoms with Crippen molar-refractivity contribution in [2.45, 2.75) is 6.18 Å². The maximum Gasteiger partial charge on any atom is 0.433 e. The molecule has 1 aromatic carbocycles. The Kier molecular flexibility index (Phi) is 6.77. The summed E-state index contributed by atoms with van der Waals surface area (Å²) in [6, 6.07) is 5.73. The van der Waals surface area contributed by atoms with Crippen molar-refractivity contribution in [3.63, 3.8) is 0 Å². The van der Waals surface area contributed by atoms with E-state index in [0.717, 1.165) is 6.20 Å². The third-order valence-corrected chi connectivity index (χ3v) is 3.23. The Bertz CT molecular complexity index is 858. The molecule has 0 radical (unpaired) electrons. The molecule has 28 heavy (non-hydrogen) atoms. The number of rotatable bonds is 7. The van der Waals surface area contributed by atoms with Gasteiger partial charge in [0.05, 0.1) is 6.61 Å². The van der Waals surface area contributed by atoms with E-state index in [0.29, 0.717) is 6.07 Å². The zero-order valence-corrected chi connectivity index (χ0v) is 14.6. The molecule has 0 saturated carbocycles. The second-order valence-corrected chi connectivity index (χ2v) is 5.34. The van der Waals surface area contributed by atoms with Gasteiger partial charge < -0.3 is 25.3 Å². The number of carbonyl (C=O) groups is 2. The second kappa shape index (κ2) is 9.04. The van der Waals surface area contributed by atoms with Gasteiger partial charge in [-0.15, -0.1) is 0 Å². The number of nitrogens with two attached hydrogens (primary N) is 1. The first-order chi connectivity index (χ1) is 13.2. The van der Waals surface area contributed by atoms with Gasteiger partial charge in [-0.05, 0) is 24.3 Å². The highest BCUT2D eigenvalue weighted by molar-refractivity contribution is 6.04. The predicted octanol–water partition coefficient (Wildman–Crippen LogP) is 2.84. The maximum absolute atomic E-state index is 12.7. The minimum absolute atomic E-state index is 0.0310. The molecule has 2 amide bonds. The van der Waals surface area contributed by atoms with Crippen LogP contribution in [0.1, 0.15) is 16.1 Å². The second-order valence-electron chi connectivity index (χ2n) is 5.34. The predicted molar refractivity (Wildman–Crippen MR) is 91.2 cm³/mol. The highest BCUT2D eigenvalue weighted by atomic mass is 19.4. The summed E-state index contributed by atoms with van der Waals surface area (Å²) in [7, 11) is 1.47. The van der Waals surface area contributed by atoms with Crippen LogP contribution < -0.4 is 20.5 Å². The number of pyridine rings is 1. The lowest BCUT2D eigenvalue weighted by Crippen LogP contribution is -2.18. The summed E-state index contributed by atoms with van der Waals surface area (Å²) in [6.07, 6.45) is -4.84. The fraction of sp³-hybridized carbons (Fsp3) is 0.235. The number of primary amides is 1. The molecule has 0 fully saturated rings. The van der Waals surface area contributed by atoms with Gasteiger partial charge in [-0.25, -0.2) is 4.79 Å². The van der Waals surface area contributed by atoms with Crippen LogP contribution >= 0.6 is 0 Å². The average molecular weight is 399 g/mol. The van der Waals surface area contributed by atoms with Crippen LogP contribution in [0.15, 0.2) is 36.5 Å². The van der Waals surface area contributed by atoms with Gasteiger partial charge in [0.25, 0.3) is 5.91 Å². The fourth-order valence-electron chi connectivity index (χ4n) is 2.07. The number of nitrogens with zero attached hydrogens (tertiary/aromatic N) is 1. The van der Waals surface area contributed by atoms with E-state index in [9.17, 15) is 22.8 Å². The Hall–Kier alpha value is -3.34. The van der Waals surface area contributed by atoms with Crippen LogP contribution in [0.5, 0.6) is 11.5 Å². The monoisotopic (exact) mass is 399 g/mol. The third-order valence-electron chi connectivity index (χ3n) is 3.23. The quantitative estimate of drug-likeness (QED) is 0.693. The summed E-state index contributed by atoms with van der Waals surface area (Å²) in [5.41, 5.74) is 3.67. The number of carbonyl (C=O) groups excluding carboxylic acids is 2. The van der Waals surface area contributed by atoms with Crippen molar-refractivity contribution in [3.8, 4) is 11.5 Å². The first-order valence-corrected chi connectivity index (χ1v) is 7.78. The molecule has 1 heterocycles. The van der Waals surface area contributed by atoms with Crippen LogP contribution in [0.25, 0.3) is 0 Å². The Morgan fingerprint density at radius 1 is 1.14 bits per heavy atom. The van der Waals surface area contributed by atoms with Crippen molar-refractivity contribution >= 4 is 17.7 Å². The van der Waals surface area contributed by atoms with Gasteiger partial charge >= 0.3 is 12.3 Å². The molecular weight excluding hydrogens is 383 g/mol. The number of ether oxygens (including phenoxy) is 3. The van der Waals surface area contributed by atoms with Crippen LogP contribution in [-0.4, -0.2) is 37.3 Å². The van der Waals surface area contributed by atoms with Gasteiger partial charge in [0.2, 0.25) is 0 Å². The van der Waals surface area contributed by atoms with E-state index in [4.69, 9.17) is 19.9 Å². The lowest BCUT2D eigenvalue weighted by molar-refractivity contribution is -0.141. The number of benzene rings is 1. The Balaban J connectivity index is 2.25. The number of anilines is 1. The molecule has 2 rings (SSSR count). The summed E-state index contributed by atoms with van der Waals surface area (Å²) in [4.78, 5) is 26.6. The molecule has 0 aliphatic heterocycles. The van der Waals surface area contributed by atoms with Crippen LogP contribution in [0.3, 0.4) is 0 Å². The smallest absolute Gasteiger partial charge is 0.433 e. The van der Waals surface area contributed by atoms with Gasteiger partial charge in [-0.3, -0.25) is 9.78 Å². The number of amides is 2. The van der Waals surface area contributed by atoms with E-state index in [1.807, 2.05) is 0 Å². The van der Waals surface area contributed by atoms with Crippen LogP contribution in [-0.2, 0) is 10.9 Å². The topological polar surface area (TPSA) is 113 Å². The van der Waals surface area contributed by atoms with Crippen LogP contribution in [0, 0.1) is 0 Å². The molecule has 1 aromatic heterocycles. The van der Waals surface area contributed by atoms with Gasteiger partial charge in [-0.1, -0.05) is 0 Å². The zero-order valence-electron chi connectivity index (χ0n) is 14.6. The summed E-state index contributed by atoms with van der Waals surface area (Å²) in [5, 5.41) is 2.31. The number of aromatic nitrogens is 1. The highest BCUT2D eigenvalue weighted by Gasteiger charge is 2.32. The van der Waals surface area contributed by atoms with E-state index in [1.54, 1.807) is 0 Å². The van der Waals surface area contributed by atoms with Crippen molar-refractivity contribution in [2.24, 2.45) is 5.73 Å². The Labute approximate surface area is 157 Å². The molecule has 0 unspecified atom stereocenters. The molecule has 0 aliphatic carbocycles. The molecule has 0 bridgehead atoms. The fourth-order valence-corrected chi connectivity index (χ4v) is 2.07. The lowest BCUT2D eigenvalue weighted by Gasteiger charge is -2.12. The van der Waals surface area contributed by atoms with Crippen LogP contribution in [0.2, 0.25) is 0 Å². The number of hydrogen-bond donors (Lipinski definition) is 2. The molecule has 8 nitrogen and oxygen atoms in total. The number of methoxy groups -OCH3 is 1. The molecular formula is C17H16F3N3O5. The van der Waals surface area contributed by atoms with E-state index < -0.39 is 23.9 Å². The average Bonchev–Trinajstić information content (AvgIpc) is 2.60. The van der Waals surface area contributed by atoms with Crippen molar-refractivity contribution in [2.75, 3.05) is 25.6 Å². The van der Waals surface area contributed by atoms with E-state index in [1.165, 1.54) is 31.4 Å².